The van der Waals surface area contributed by atoms with E-state index in [0.29, 0.717) is 23.9 Å². The third kappa shape index (κ3) is 3.76. The van der Waals surface area contributed by atoms with Crippen molar-refractivity contribution < 1.29 is 14.3 Å². The lowest BCUT2D eigenvalue weighted by molar-refractivity contribution is -0.151. The Hall–Kier alpha value is -2.03. The van der Waals surface area contributed by atoms with Crippen LogP contribution in [0.15, 0.2) is 24.3 Å². The van der Waals surface area contributed by atoms with Crippen LogP contribution in [-0.4, -0.2) is 51.8 Å². The fraction of sp³-hybridized carbons (Fsp3) is 0.421. The number of amides is 2. The van der Waals surface area contributed by atoms with E-state index >= 15 is 0 Å². The van der Waals surface area contributed by atoms with Crippen molar-refractivity contribution in [2.75, 3.05) is 18.4 Å². The average Bonchev–Trinajstić information content (AvgIpc) is 3.23. The number of morpholine rings is 1. The van der Waals surface area contributed by atoms with E-state index < -0.39 is 11.8 Å². The molecule has 2 amide bonds. The second kappa shape index (κ2) is 7.77. The number of halogens is 1. The molecule has 1 fully saturated rings. The number of thioether (sulfide) groups is 1. The highest BCUT2D eigenvalue weighted by Gasteiger charge is 2.32. The smallest absolute Gasteiger partial charge is 0.315 e. The topological polar surface area (TPSA) is 76.5 Å². The number of carbonyl (C=O) groups excluding carboxylic acids is 2. The minimum Gasteiger partial charge on any atom is -0.372 e. The standard InChI is InChI=1S/C19H21ClN4O3S/c1-11-7-23(8-12(2)27-11)19(26)18(25)21-17-15-9-28-10-16(15)22-24(17)14-5-3-13(20)4-6-14/h3-6,11-12H,7-10H2,1-2H3,(H,21,25)/t11-,12-/m0/s1. The summed E-state index contributed by atoms with van der Waals surface area (Å²) in [6.45, 7) is 4.60. The Morgan fingerprint density at radius 2 is 1.86 bits per heavy atom. The summed E-state index contributed by atoms with van der Waals surface area (Å²) in [5.74, 6) is 0.875. The lowest BCUT2D eigenvalue weighted by Crippen LogP contribution is -2.51. The molecule has 2 aliphatic heterocycles. The van der Waals surface area contributed by atoms with Crippen molar-refractivity contribution in [1.82, 2.24) is 14.7 Å². The second-order valence-corrected chi connectivity index (χ2v) is 8.50. The summed E-state index contributed by atoms with van der Waals surface area (Å²) in [5.41, 5.74) is 2.67. The van der Waals surface area contributed by atoms with E-state index in [0.717, 1.165) is 28.5 Å². The summed E-state index contributed by atoms with van der Waals surface area (Å²) in [5, 5.41) is 8.07. The number of carbonyl (C=O) groups is 2. The molecule has 1 N–H and O–H groups in total. The van der Waals surface area contributed by atoms with Crippen LogP contribution >= 0.6 is 23.4 Å². The molecular weight excluding hydrogens is 400 g/mol. The Morgan fingerprint density at radius 3 is 2.54 bits per heavy atom. The molecule has 1 aromatic heterocycles. The van der Waals surface area contributed by atoms with Crippen LogP contribution in [0.1, 0.15) is 25.1 Å². The van der Waals surface area contributed by atoms with Crippen LogP contribution in [0.4, 0.5) is 5.82 Å². The van der Waals surface area contributed by atoms with Crippen LogP contribution in [0, 0.1) is 0 Å². The summed E-state index contributed by atoms with van der Waals surface area (Å²) >= 11 is 7.72. The molecule has 3 heterocycles. The maximum Gasteiger partial charge on any atom is 0.315 e. The molecular formula is C19H21ClN4O3S. The first-order valence-corrected chi connectivity index (χ1v) is 10.7. The Kier molecular flexibility index (Phi) is 5.35. The van der Waals surface area contributed by atoms with Gasteiger partial charge in [-0.2, -0.15) is 16.9 Å². The van der Waals surface area contributed by atoms with Gasteiger partial charge >= 0.3 is 11.8 Å². The number of hydrogen-bond donors (Lipinski definition) is 1. The number of ether oxygens (including phenoxy) is 1. The summed E-state index contributed by atoms with van der Waals surface area (Å²) in [6.07, 6.45) is -0.193. The molecule has 2 aromatic rings. The molecule has 0 saturated carbocycles. The van der Waals surface area contributed by atoms with Gasteiger partial charge in [-0.05, 0) is 38.1 Å². The zero-order valence-electron chi connectivity index (χ0n) is 15.6. The van der Waals surface area contributed by atoms with Gasteiger partial charge in [-0.25, -0.2) is 4.68 Å². The number of nitrogens with zero attached hydrogens (tertiary/aromatic N) is 3. The predicted molar refractivity (Wildman–Crippen MR) is 109 cm³/mol. The molecule has 0 spiro atoms. The summed E-state index contributed by atoms with van der Waals surface area (Å²) < 4.78 is 7.32. The fourth-order valence-electron chi connectivity index (χ4n) is 3.56. The zero-order valence-corrected chi connectivity index (χ0v) is 17.2. The molecule has 9 heteroatoms. The van der Waals surface area contributed by atoms with Gasteiger partial charge in [0.1, 0.15) is 5.82 Å². The van der Waals surface area contributed by atoms with E-state index in [1.54, 1.807) is 33.5 Å². The molecule has 2 atom stereocenters. The first kappa shape index (κ1) is 19.3. The van der Waals surface area contributed by atoms with Gasteiger partial charge in [0.05, 0.1) is 23.6 Å². The molecule has 1 saturated heterocycles. The van der Waals surface area contributed by atoms with Crippen molar-refractivity contribution in [2.45, 2.75) is 37.6 Å². The van der Waals surface area contributed by atoms with Crippen molar-refractivity contribution in [3.8, 4) is 5.69 Å². The number of aromatic nitrogens is 2. The second-order valence-electron chi connectivity index (χ2n) is 7.08. The van der Waals surface area contributed by atoms with Crippen molar-refractivity contribution in [2.24, 2.45) is 0 Å². The molecule has 28 heavy (non-hydrogen) atoms. The SMILES string of the molecule is C[C@H]1CN(C(=O)C(=O)Nc2c3c(nn2-c2ccc(Cl)cc2)CSC3)C[C@H](C)O1. The summed E-state index contributed by atoms with van der Waals surface area (Å²) in [6, 6.07) is 7.21. The molecule has 0 unspecified atom stereocenters. The van der Waals surface area contributed by atoms with E-state index in [1.165, 1.54) is 0 Å². The van der Waals surface area contributed by atoms with Crippen molar-refractivity contribution in [1.29, 1.82) is 0 Å². The minimum atomic E-state index is -0.656. The van der Waals surface area contributed by atoms with E-state index in [2.05, 4.69) is 10.4 Å². The number of rotatable bonds is 2. The highest BCUT2D eigenvalue weighted by atomic mass is 35.5. The van der Waals surface area contributed by atoms with Crippen LogP contribution in [0.25, 0.3) is 5.69 Å². The van der Waals surface area contributed by atoms with Crippen molar-refractivity contribution in [3.63, 3.8) is 0 Å². The Morgan fingerprint density at radius 1 is 1.18 bits per heavy atom. The Bertz CT molecular complexity index is 905. The van der Waals surface area contributed by atoms with Crippen molar-refractivity contribution in [3.05, 3.63) is 40.5 Å². The molecule has 0 radical (unpaired) electrons. The Labute approximate surface area is 172 Å². The lowest BCUT2D eigenvalue weighted by Gasteiger charge is -2.34. The molecule has 2 aliphatic rings. The zero-order chi connectivity index (χ0) is 19.8. The van der Waals surface area contributed by atoms with E-state index in [9.17, 15) is 9.59 Å². The van der Waals surface area contributed by atoms with E-state index in [1.807, 2.05) is 26.0 Å². The molecule has 4 rings (SSSR count). The maximum atomic E-state index is 12.7. The van der Waals surface area contributed by atoms with E-state index in [4.69, 9.17) is 16.3 Å². The lowest BCUT2D eigenvalue weighted by atomic mass is 10.2. The molecule has 0 aliphatic carbocycles. The molecule has 7 nitrogen and oxygen atoms in total. The van der Waals surface area contributed by atoms with Gasteiger partial charge in [0.25, 0.3) is 0 Å². The number of benzene rings is 1. The van der Waals surface area contributed by atoms with Gasteiger partial charge in [-0.3, -0.25) is 9.59 Å². The van der Waals surface area contributed by atoms with Crippen molar-refractivity contribution >= 4 is 41.0 Å². The number of fused-ring (bicyclic) bond motifs is 1. The van der Waals surface area contributed by atoms with Crippen LogP contribution in [0.3, 0.4) is 0 Å². The quantitative estimate of drug-likeness (QED) is 0.756. The summed E-state index contributed by atoms with van der Waals surface area (Å²) in [7, 11) is 0. The van der Waals surface area contributed by atoms with Gasteiger partial charge < -0.3 is 15.0 Å². The van der Waals surface area contributed by atoms with Crippen LogP contribution in [0.2, 0.25) is 5.02 Å². The van der Waals surface area contributed by atoms with Gasteiger partial charge in [0, 0.05) is 35.2 Å². The van der Waals surface area contributed by atoms with Crippen LogP contribution < -0.4 is 5.32 Å². The first-order valence-electron chi connectivity index (χ1n) is 9.12. The van der Waals surface area contributed by atoms with Gasteiger partial charge in [0.15, 0.2) is 0 Å². The van der Waals surface area contributed by atoms with Gasteiger partial charge in [-0.15, -0.1) is 0 Å². The third-order valence-electron chi connectivity index (χ3n) is 4.76. The highest BCUT2D eigenvalue weighted by Crippen LogP contribution is 2.36. The maximum absolute atomic E-state index is 12.7. The van der Waals surface area contributed by atoms with Gasteiger partial charge in [-0.1, -0.05) is 11.6 Å². The average molecular weight is 421 g/mol. The number of hydrogen-bond acceptors (Lipinski definition) is 5. The summed E-state index contributed by atoms with van der Waals surface area (Å²) in [4.78, 5) is 27.0. The normalized spacial score (nSPS) is 21.5. The Balaban J connectivity index is 1.59. The number of anilines is 1. The van der Waals surface area contributed by atoms with E-state index in [-0.39, 0.29) is 12.2 Å². The number of nitrogens with one attached hydrogen (secondary N) is 1. The highest BCUT2D eigenvalue weighted by molar-refractivity contribution is 7.98. The third-order valence-corrected chi connectivity index (χ3v) is 5.98. The van der Waals surface area contributed by atoms with Gasteiger partial charge in [0.2, 0.25) is 0 Å². The van der Waals surface area contributed by atoms with Crippen LogP contribution in [0.5, 0.6) is 0 Å². The fourth-order valence-corrected chi connectivity index (χ4v) is 4.72. The molecule has 0 bridgehead atoms. The monoisotopic (exact) mass is 420 g/mol. The predicted octanol–water partition coefficient (Wildman–Crippen LogP) is 2.85. The van der Waals surface area contributed by atoms with Crippen LogP contribution in [-0.2, 0) is 25.8 Å². The minimum absolute atomic E-state index is 0.0965. The largest absolute Gasteiger partial charge is 0.372 e. The molecule has 1 aromatic carbocycles. The first-order chi connectivity index (χ1) is 13.4. The molecule has 148 valence electrons.